The van der Waals surface area contributed by atoms with Gasteiger partial charge in [-0.25, -0.2) is 0 Å². The van der Waals surface area contributed by atoms with E-state index in [1.807, 2.05) is 6.92 Å². The summed E-state index contributed by atoms with van der Waals surface area (Å²) in [7, 11) is 0. The molecular formula is C4H6FN3. The third-order valence-corrected chi connectivity index (χ3v) is 0.936. The first-order valence-electron chi connectivity index (χ1n) is 2.40. The van der Waals surface area contributed by atoms with Crippen LogP contribution in [0.4, 0.5) is 4.48 Å². The molecule has 0 fully saturated rings. The van der Waals surface area contributed by atoms with Crippen LogP contribution in [0.15, 0.2) is 6.20 Å². The summed E-state index contributed by atoms with van der Waals surface area (Å²) in [4.78, 5) is 0.278. The minimum absolute atomic E-state index is 0.278. The van der Waals surface area contributed by atoms with Gasteiger partial charge in [0.15, 0.2) is 0 Å². The van der Waals surface area contributed by atoms with E-state index in [9.17, 15) is 4.48 Å². The molecule has 0 aliphatic carbocycles. The SMILES string of the molecule is CCc1cnnn1F. The molecule has 4 heteroatoms. The summed E-state index contributed by atoms with van der Waals surface area (Å²) in [5.74, 6) is 0. The number of aryl methyl sites for hydroxylation is 1. The third kappa shape index (κ3) is 0.685. The van der Waals surface area contributed by atoms with Crippen LogP contribution in [0.5, 0.6) is 0 Å². The molecule has 0 spiro atoms. The van der Waals surface area contributed by atoms with Crippen molar-refractivity contribution in [3.63, 3.8) is 0 Å². The van der Waals surface area contributed by atoms with Crippen molar-refractivity contribution < 1.29 is 4.48 Å². The van der Waals surface area contributed by atoms with Gasteiger partial charge in [0.1, 0.15) is 0 Å². The van der Waals surface area contributed by atoms with Crippen LogP contribution >= 0.6 is 0 Å². The Balaban J connectivity index is 2.92. The van der Waals surface area contributed by atoms with Gasteiger partial charge in [-0.15, -0.1) is 5.10 Å². The quantitative estimate of drug-likeness (QED) is 0.535. The monoisotopic (exact) mass is 115 g/mol. The van der Waals surface area contributed by atoms with Crippen LogP contribution in [0.25, 0.3) is 0 Å². The molecule has 1 aromatic rings. The van der Waals surface area contributed by atoms with Crippen LogP contribution in [-0.2, 0) is 6.42 Å². The van der Waals surface area contributed by atoms with Crippen molar-refractivity contribution in [2.75, 3.05) is 0 Å². The maximum absolute atomic E-state index is 12.1. The standard InChI is InChI=1S/C4H6FN3/c1-2-4-3-6-7-8(4)5/h3H,2H2,1H3. The van der Waals surface area contributed by atoms with Crippen LogP contribution in [0.2, 0.25) is 0 Å². The largest absolute Gasteiger partial charge is 0.136 e. The molecule has 0 bridgehead atoms. The van der Waals surface area contributed by atoms with E-state index < -0.39 is 0 Å². The normalized spacial score (nSPS) is 9.75. The molecular weight excluding hydrogens is 109 g/mol. The number of hydrogen-bond donors (Lipinski definition) is 0. The molecule has 1 rings (SSSR count). The minimum Gasteiger partial charge on any atom is -0.136 e. The Hall–Kier alpha value is -0.930. The lowest BCUT2D eigenvalue weighted by atomic mass is 10.4. The van der Waals surface area contributed by atoms with E-state index in [1.165, 1.54) is 6.20 Å². The Morgan fingerprint density at radius 2 is 2.62 bits per heavy atom. The fourth-order valence-corrected chi connectivity index (χ4v) is 0.465. The Morgan fingerprint density at radius 1 is 1.88 bits per heavy atom. The van der Waals surface area contributed by atoms with Gasteiger partial charge in [-0.1, -0.05) is 16.3 Å². The molecule has 8 heavy (non-hydrogen) atoms. The average Bonchev–Trinajstić information content (AvgIpc) is 2.14. The fraction of sp³-hybridized carbons (Fsp3) is 0.500. The van der Waals surface area contributed by atoms with Gasteiger partial charge in [0.25, 0.3) is 0 Å². The molecule has 0 aliphatic heterocycles. The first-order valence-corrected chi connectivity index (χ1v) is 2.40. The second-order valence-corrected chi connectivity index (χ2v) is 1.44. The maximum atomic E-state index is 12.1. The van der Waals surface area contributed by atoms with Gasteiger partial charge < -0.3 is 0 Å². The first kappa shape index (κ1) is 5.21. The van der Waals surface area contributed by atoms with Gasteiger partial charge in [0.05, 0.1) is 11.9 Å². The van der Waals surface area contributed by atoms with E-state index in [4.69, 9.17) is 0 Å². The molecule has 1 heterocycles. The van der Waals surface area contributed by atoms with E-state index in [0.717, 1.165) is 0 Å². The minimum atomic E-state index is 0.278. The van der Waals surface area contributed by atoms with Gasteiger partial charge >= 0.3 is 0 Å². The Kier molecular flexibility index (Phi) is 1.24. The van der Waals surface area contributed by atoms with Crippen LogP contribution in [-0.4, -0.2) is 15.2 Å². The second kappa shape index (κ2) is 1.90. The molecule has 0 atom stereocenters. The molecule has 44 valence electrons. The molecule has 0 aromatic carbocycles. The zero-order chi connectivity index (χ0) is 5.98. The van der Waals surface area contributed by atoms with Crippen LogP contribution in [0.1, 0.15) is 12.6 Å². The molecule has 0 aliphatic rings. The molecule has 0 amide bonds. The van der Waals surface area contributed by atoms with Crippen LogP contribution < -0.4 is 0 Å². The smallest absolute Gasteiger partial charge is 0.0943 e. The summed E-state index contributed by atoms with van der Waals surface area (Å²) in [6, 6.07) is 0. The molecule has 1 aromatic heterocycles. The van der Waals surface area contributed by atoms with Gasteiger partial charge in [0.2, 0.25) is 0 Å². The zero-order valence-corrected chi connectivity index (χ0v) is 4.50. The van der Waals surface area contributed by atoms with Crippen molar-refractivity contribution in [2.24, 2.45) is 0 Å². The van der Waals surface area contributed by atoms with Crippen molar-refractivity contribution in [1.29, 1.82) is 0 Å². The van der Waals surface area contributed by atoms with E-state index in [1.54, 1.807) is 0 Å². The number of aromatic nitrogens is 3. The second-order valence-electron chi connectivity index (χ2n) is 1.44. The number of hydrogen-bond acceptors (Lipinski definition) is 2. The summed E-state index contributed by atoms with van der Waals surface area (Å²) < 4.78 is 12.1. The molecule has 0 N–H and O–H groups in total. The summed E-state index contributed by atoms with van der Waals surface area (Å²) in [6.07, 6.45) is 2.03. The summed E-state index contributed by atoms with van der Waals surface area (Å²) in [5.41, 5.74) is 0.505. The van der Waals surface area contributed by atoms with Gasteiger partial charge in [-0.3, -0.25) is 0 Å². The summed E-state index contributed by atoms with van der Waals surface area (Å²) >= 11 is 0. The average molecular weight is 115 g/mol. The van der Waals surface area contributed by atoms with Crippen molar-refractivity contribution in [3.8, 4) is 0 Å². The summed E-state index contributed by atoms with van der Waals surface area (Å²) in [6.45, 7) is 1.84. The topological polar surface area (TPSA) is 30.7 Å². The van der Waals surface area contributed by atoms with E-state index in [0.29, 0.717) is 12.1 Å². The van der Waals surface area contributed by atoms with E-state index in [2.05, 4.69) is 10.3 Å². The maximum Gasteiger partial charge on any atom is 0.0943 e. The predicted molar refractivity (Wildman–Crippen MR) is 25.9 cm³/mol. The van der Waals surface area contributed by atoms with Gasteiger partial charge in [0, 0.05) is 0 Å². The first-order chi connectivity index (χ1) is 3.84. The van der Waals surface area contributed by atoms with Gasteiger partial charge in [-0.05, 0) is 11.6 Å². The predicted octanol–water partition coefficient (Wildman–Crippen LogP) is 0.573. The Labute approximate surface area is 46.1 Å². The Morgan fingerprint density at radius 3 is 2.88 bits per heavy atom. The molecule has 3 nitrogen and oxygen atoms in total. The van der Waals surface area contributed by atoms with E-state index in [-0.39, 0.29) is 4.90 Å². The van der Waals surface area contributed by atoms with Crippen molar-refractivity contribution in [3.05, 3.63) is 11.9 Å². The van der Waals surface area contributed by atoms with Crippen molar-refractivity contribution in [2.45, 2.75) is 13.3 Å². The highest BCUT2D eigenvalue weighted by atomic mass is 19.2. The Bertz CT molecular complexity index is 172. The number of halogens is 1. The highest BCUT2D eigenvalue weighted by Gasteiger charge is 1.95. The zero-order valence-electron chi connectivity index (χ0n) is 4.50. The van der Waals surface area contributed by atoms with E-state index >= 15 is 0 Å². The number of nitrogens with zero attached hydrogens (tertiary/aromatic N) is 3. The lowest BCUT2D eigenvalue weighted by molar-refractivity contribution is 0.294. The molecule has 0 radical (unpaired) electrons. The summed E-state index contributed by atoms with van der Waals surface area (Å²) in [5, 5.41) is 6.42. The fourth-order valence-electron chi connectivity index (χ4n) is 0.465. The van der Waals surface area contributed by atoms with Gasteiger partial charge in [-0.2, -0.15) is 0 Å². The number of rotatable bonds is 1. The highest BCUT2D eigenvalue weighted by molar-refractivity contribution is 4.89. The molecule has 0 saturated heterocycles. The van der Waals surface area contributed by atoms with Crippen LogP contribution in [0, 0.1) is 0 Å². The molecule has 0 unspecified atom stereocenters. The molecule has 0 saturated carbocycles. The highest BCUT2D eigenvalue weighted by Crippen LogP contribution is 1.94. The lowest BCUT2D eigenvalue weighted by Crippen LogP contribution is -1.90. The lowest BCUT2D eigenvalue weighted by Gasteiger charge is -1.84. The van der Waals surface area contributed by atoms with Crippen molar-refractivity contribution in [1.82, 2.24) is 15.2 Å². The van der Waals surface area contributed by atoms with Crippen LogP contribution in [0.3, 0.4) is 0 Å². The van der Waals surface area contributed by atoms with Crippen molar-refractivity contribution >= 4 is 0 Å². The third-order valence-electron chi connectivity index (χ3n) is 0.936.